The minimum absolute atomic E-state index is 0.116. The number of hydrogen-bond acceptors (Lipinski definition) is 5. The zero-order valence-corrected chi connectivity index (χ0v) is 15.3. The van der Waals surface area contributed by atoms with E-state index in [1.165, 1.54) is 25.9 Å². The number of sulfonamides is 1. The number of amides is 1. The summed E-state index contributed by atoms with van der Waals surface area (Å²) < 4.78 is 39.0. The normalized spacial score (nSPS) is 16.2. The van der Waals surface area contributed by atoms with Gasteiger partial charge in [-0.1, -0.05) is 0 Å². The van der Waals surface area contributed by atoms with Crippen LogP contribution in [-0.4, -0.2) is 65.5 Å². The number of hydrogen-bond donors (Lipinski definition) is 0. The van der Waals surface area contributed by atoms with Crippen LogP contribution in [0.15, 0.2) is 23.0 Å². The Morgan fingerprint density at radius 3 is 2.50 bits per heavy atom. The Balaban J connectivity index is 1.81. The number of halogens is 1. The van der Waals surface area contributed by atoms with E-state index in [4.69, 9.17) is 0 Å². The molecular formula is C16H19FN4O4S. The Bertz CT molecular complexity index is 1030. The van der Waals surface area contributed by atoms with Crippen LogP contribution in [0.5, 0.6) is 0 Å². The second-order valence-electron chi connectivity index (χ2n) is 6.25. The van der Waals surface area contributed by atoms with Crippen LogP contribution in [0.2, 0.25) is 0 Å². The lowest BCUT2D eigenvalue weighted by Crippen LogP contribution is -2.51. The van der Waals surface area contributed by atoms with Gasteiger partial charge in [-0.2, -0.15) is 4.31 Å². The summed E-state index contributed by atoms with van der Waals surface area (Å²) >= 11 is 0. The first-order chi connectivity index (χ1) is 12.2. The molecule has 0 N–H and O–H groups in total. The van der Waals surface area contributed by atoms with Crippen LogP contribution in [-0.2, 0) is 21.4 Å². The molecule has 0 atom stereocenters. The fourth-order valence-electron chi connectivity index (χ4n) is 2.99. The minimum Gasteiger partial charge on any atom is -0.338 e. The first-order valence-electron chi connectivity index (χ1n) is 8.06. The smallest absolute Gasteiger partial charge is 0.261 e. The first-order valence-corrected chi connectivity index (χ1v) is 9.91. The Labute approximate surface area is 149 Å². The molecule has 8 nitrogen and oxygen atoms in total. The predicted molar refractivity (Wildman–Crippen MR) is 93.7 cm³/mol. The number of carbonyl (C=O) groups excluding carboxylic acids is 1. The third-order valence-corrected chi connectivity index (χ3v) is 5.76. The van der Waals surface area contributed by atoms with Gasteiger partial charge in [0.2, 0.25) is 15.9 Å². The highest BCUT2D eigenvalue weighted by Gasteiger charge is 2.26. The summed E-state index contributed by atoms with van der Waals surface area (Å²) in [7, 11) is -3.28. The van der Waals surface area contributed by atoms with Crippen molar-refractivity contribution >= 4 is 26.8 Å². The Morgan fingerprint density at radius 2 is 1.88 bits per heavy atom. The zero-order chi connectivity index (χ0) is 19.1. The van der Waals surface area contributed by atoms with Gasteiger partial charge in [0.1, 0.15) is 18.2 Å². The van der Waals surface area contributed by atoms with Crippen molar-refractivity contribution in [2.75, 3.05) is 32.4 Å². The summed E-state index contributed by atoms with van der Waals surface area (Å²) in [6.45, 7) is 2.35. The number of carbonyl (C=O) groups is 1. The maximum absolute atomic E-state index is 13.4. The van der Waals surface area contributed by atoms with Crippen molar-refractivity contribution < 1.29 is 17.6 Å². The number of rotatable bonds is 3. The van der Waals surface area contributed by atoms with E-state index in [1.54, 1.807) is 6.92 Å². The summed E-state index contributed by atoms with van der Waals surface area (Å²) in [5, 5.41) is 0.116. The second kappa shape index (κ2) is 6.76. The standard InChI is InChI=1S/C16H19FN4O4S/c1-11-18-14-4-3-12(17)9-13(14)16(23)21(11)10-15(22)19-5-7-20(8-6-19)26(2,24)25/h3-4,9H,5-8,10H2,1-2H3. The Morgan fingerprint density at radius 1 is 1.23 bits per heavy atom. The van der Waals surface area contributed by atoms with Crippen LogP contribution in [0.3, 0.4) is 0 Å². The quantitative estimate of drug-likeness (QED) is 0.742. The largest absolute Gasteiger partial charge is 0.338 e. The van der Waals surface area contributed by atoms with E-state index in [0.717, 1.165) is 12.3 Å². The molecule has 2 aromatic rings. The molecule has 1 aliphatic rings. The number of piperazine rings is 1. The third kappa shape index (κ3) is 3.61. The Kier molecular flexibility index (Phi) is 4.80. The molecule has 0 unspecified atom stereocenters. The molecule has 1 aliphatic heterocycles. The van der Waals surface area contributed by atoms with E-state index in [1.807, 2.05) is 0 Å². The lowest BCUT2D eigenvalue weighted by atomic mass is 10.2. The second-order valence-corrected chi connectivity index (χ2v) is 8.24. The molecule has 0 saturated carbocycles. The molecule has 1 fully saturated rings. The summed E-state index contributed by atoms with van der Waals surface area (Å²) in [6, 6.07) is 3.76. The van der Waals surface area contributed by atoms with Crippen LogP contribution >= 0.6 is 0 Å². The monoisotopic (exact) mass is 382 g/mol. The summed E-state index contributed by atoms with van der Waals surface area (Å²) in [5.41, 5.74) is -0.102. The van der Waals surface area contributed by atoms with Crippen molar-refractivity contribution in [1.82, 2.24) is 18.8 Å². The van der Waals surface area contributed by atoms with E-state index in [9.17, 15) is 22.4 Å². The van der Waals surface area contributed by atoms with Gasteiger partial charge >= 0.3 is 0 Å². The number of aromatic nitrogens is 2. The molecule has 0 bridgehead atoms. The van der Waals surface area contributed by atoms with Crippen LogP contribution in [0.25, 0.3) is 10.9 Å². The highest BCUT2D eigenvalue weighted by Crippen LogP contribution is 2.11. The topological polar surface area (TPSA) is 92.6 Å². The molecule has 1 aromatic carbocycles. The fourth-order valence-corrected chi connectivity index (χ4v) is 3.82. The third-order valence-electron chi connectivity index (χ3n) is 4.46. The molecule has 10 heteroatoms. The molecule has 0 radical (unpaired) electrons. The molecule has 1 amide bonds. The van der Waals surface area contributed by atoms with E-state index >= 15 is 0 Å². The van der Waals surface area contributed by atoms with Crippen molar-refractivity contribution in [2.24, 2.45) is 0 Å². The molecule has 3 rings (SSSR count). The van der Waals surface area contributed by atoms with Gasteiger partial charge in [-0.3, -0.25) is 14.2 Å². The van der Waals surface area contributed by atoms with Gasteiger partial charge in [0.15, 0.2) is 0 Å². The molecule has 26 heavy (non-hydrogen) atoms. The summed E-state index contributed by atoms with van der Waals surface area (Å²) in [6.07, 6.45) is 1.13. The molecule has 2 heterocycles. The van der Waals surface area contributed by atoms with Crippen molar-refractivity contribution in [3.63, 3.8) is 0 Å². The first kappa shape index (κ1) is 18.5. The molecule has 0 aliphatic carbocycles. The highest BCUT2D eigenvalue weighted by molar-refractivity contribution is 7.88. The predicted octanol–water partition coefficient (Wildman–Crippen LogP) is -0.0522. The van der Waals surface area contributed by atoms with Crippen molar-refractivity contribution in [3.05, 3.63) is 40.2 Å². The van der Waals surface area contributed by atoms with Crippen molar-refractivity contribution in [1.29, 1.82) is 0 Å². The number of aryl methyl sites for hydroxylation is 1. The zero-order valence-electron chi connectivity index (χ0n) is 14.5. The van der Waals surface area contributed by atoms with Crippen LogP contribution in [0.1, 0.15) is 5.82 Å². The average molecular weight is 382 g/mol. The SMILES string of the molecule is Cc1nc2ccc(F)cc2c(=O)n1CC(=O)N1CCN(S(C)(=O)=O)CC1. The molecule has 0 spiro atoms. The molecular weight excluding hydrogens is 363 g/mol. The van der Waals surface area contributed by atoms with E-state index in [-0.39, 0.29) is 44.0 Å². The van der Waals surface area contributed by atoms with Gasteiger partial charge in [-0.15, -0.1) is 0 Å². The van der Waals surface area contributed by atoms with Gasteiger partial charge in [-0.05, 0) is 25.1 Å². The van der Waals surface area contributed by atoms with Crippen LogP contribution in [0, 0.1) is 12.7 Å². The average Bonchev–Trinajstić information content (AvgIpc) is 2.58. The van der Waals surface area contributed by atoms with Gasteiger partial charge in [0.25, 0.3) is 5.56 Å². The fraction of sp³-hybridized carbons (Fsp3) is 0.438. The van der Waals surface area contributed by atoms with E-state index in [2.05, 4.69) is 4.98 Å². The molecule has 1 aromatic heterocycles. The molecule has 140 valence electrons. The van der Waals surface area contributed by atoms with Crippen molar-refractivity contribution in [3.8, 4) is 0 Å². The lowest BCUT2D eigenvalue weighted by molar-refractivity contribution is -0.133. The van der Waals surface area contributed by atoms with Crippen LogP contribution < -0.4 is 5.56 Å². The van der Waals surface area contributed by atoms with Crippen LogP contribution in [0.4, 0.5) is 4.39 Å². The highest BCUT2D eigenvalue weighted by atomic mass is 32.2. The van der Waals surface area contributed by atoms with Gasteiger partial charge in [0, 0.05) is 26.2 Å². The number of benzene rings is 1. The summed E-state index contributed by atoms with van der Waals surface area (Å²) in [5.74, 6) is -0.492. The van der Waals surface area contributed by atoms with Crippen molar-refractivity contribution in [2.45, 2.75) is 13.5 Å². The van der Waals surface area contributed by atoms with Gasteiger partial charge in [0.05, 0.1) is 17.2 Å². The minimum atomic E-state index is -3.28. The summed E-state index contributed by atoms with van der Waals surface area (Å²) in [4.78, 5) is 30.9. The van der Waals surface area contributed by atoms with Gasteiger partial charge in [-0.25, -0.2) is 17.8 Å². The van der Waals surface area contributed by atoms with Gasteiger partial charge < -0.3 is 4.90 Å². The maximum Gasteiger partial charge on any atom is 0.261 e. The van der Waals surface area contributed by atoms with E-state index in [0.29, 0.717) is 11.3 Å². The maximum atomic E-state index is 13.4. The molecule has 1 saturated heterocycles. The number of nitrogens with zero attached hydrogens (tertiary/aromatic N) is 4. The Hall–Kier alpha value is -2.33. The number of fused-ring (bicyclic) bond motifs is 1. The van der Waals surface area contributed by atoms with E-state index < -0.39 is 21.4 Å². The lowest BCUT2D eigenvalue weighted by Gasteiger charge is -2.33.